The van der Waals surface area contributed by atoms with Crippen LogP contribution >= 0.6 is 0 Å². The second kappa shape index (κ2) is 6.28. The van der Waals surface area contributed by atoms with Gasteiger partial charge in [-0.25, -0.2) is 9.18 Å². The maximum atomic E-state index is 12.9. The Morgan fingerprint density at radius 1 is 1.12 bits per heavy atom. The fourth-order valence-electron chi connectivity index (χ4n) is 2.52. The van der Waals surface area contributed by atoms with E-state index in [0.717, 1.165) is 10.9 Å². The van der Waals surface area contributed by atoms with Gasteiger partial charge in [-0.15, -0.1) is 0 Å². The van der Waals surface area contributed by atoms with Crippen LogP contribution in [0.5, 0.6) is 5.75 Å². The molecule has 5 heteroatoms. The molecule has 0 fully saturated rings. The van der Waals surface area contributed by atoms with Crippen LogP contribution in [-0.2, 0) is 0 Å². The van der Waals surface area contributed by atoms with E-state index < -0.39 is 11.4 Å². The fraction of sp³-hybridized carbons (Fsp3) is 0.158. The third-order valence-corrected chi connectivity index (χ3v) is 3.84. The number of ether oxygens (including phenoxy) is 1. The minimum atomic E-state index is -0.428. The molecule has 0 atom stereocenters. The lowest BCUT2D eigenvalue weighted by atomic mass is 10.1. The molecule has 0 aliphatic carbocycles. The van der Waals surface area contributed by atoms with Crippen molar-refractivity contribution in [3.05, 3.63) is 75.4 Å². The molecule has 0 saturated heterocycles. The van der Waals surface area contributed by atoms with Crippen LogP contribution in [0.3, 0.4) is 0 Å². The van der Waals surface area contributed by atoms with E-state index in [9.17, 15) is 14.0 Å². The molecular formula is C19H15FO4. The van der Waals surface area contributed by atoms with Gasteiger partial charge in [0.25, 0.3) is 0 Å². The van der Waals surface area contributed by atoms with E-state index in [-0.39, 0.29) is 12.4 Å². The molecule has 122 valence electrons. The lowest BCUT2D eigenvalue weighted by molar-refractivity contribution is 0.0921. The predicted octanol–water partition coefficient (Wildman–Crippen LogP) is 3.81. The molecule has 3 rings (SSSR count). The molecule has 1 aromatic heterocycles. The number of ketones is 1. The van der Waals surface area contributed by atoms with E-state index in [1.165, 1.54) is 30.3 Å². The Labute approximate surface area is 137 Å². The van der Waals surface area contributed by atoms with Crippen LogP contribution in [-0.4, -0.2) is 12.4 Å². The average Bonchev–Trinajstić information content (AvgIpc) is 2.55. The number of hydrogen-bond donors (Lipinski definition) is 0. The number of aryl methyl sites for hydroxylation is 2. The summed E-state index contributed by atoms with van der Waals surface area (Å²) in [5.41, 5.74) is 1.87. The average molecular weight is 326 g/mol. The van der Waals surface area contributed by atoms with Crippen LogP contribution in [0.2, 0.25) is 0 Å². The SMILES string of the molecule is Cc1cc(=O)oc2c(C)c(OCC(=O)c3ccc(F)cc3)ccc12. The minimum absolute atomic E-state index is 0.186. The maximum absolute atomic E-state index is 12.9. The van der Waals surface area contributed by atoms with Gasteiger partial charge in [0.1, 0.15) is 17.1 Å². The molecule has 0 aliphatic rings. The van der Waals surface area contributed by atoms with Gasteiger partial charge in [0.15, 0.2) is 12.4 Å². The first-order valence-corrected chi connectivity index (χ1v) is 7.41. The van der Waals surface area contributed by atoms with E-state index in [1.807, 2.05) is 6.92 Å². The summed E-state index contributed by atoms with van der Waals surface area (Å²) in [5, 5.41) is 0.823. The Morgan fingerprint density at radius 3 is 2.54 bits per heavy atom. The normalized spacial score (nSPS) is 10.8. The van der Waals surface area contributed by atoms with E-state index in [2.05, 4.69) is 0 Å². The van der Waals surface area contributed by atoms with Crippen molar-refractivity contribution >= 4 is 16.8 Å². The van der Waals surface area contributed by atoms with Gasteiger partial charge in [-0.3, -0.25) is 4.79 Å². The van der Waals surface area contributed by atoms with Crippen molar-refractivity contribution in [2.45, 2.75) is 13.8 Å². The van der Waals surface area contributed by atoms with Gasteiger partial charge in [0, 0.05) is 22.6 Å². The molecule has 2 aromatic carbocycles. The monoisotopic (exact) mass is 326 g/mol. The third kappa shape index (κ3) is 3.06. The van der Waals surface area contributed by atoms with Crippen molar-refractivity contribution in [3.63, 3.8) is 0 Å². The van der Waals surface area contributed by atoms with E-state index >= 15 is 0 Å². The Bertz CT molecular complexity index is 971. The first kappa shape index (κ1) is 15.9. The number of Topliss-reactive ketones (excluding diaryl/α,β-unsaturated/α-hetero) is 1. The summed E-state index contributed by atoms with van der Waals surface area (Å²) in [6, 6.07) is 10.2. The van der Waals surface area contributed by atoms with E-state index in [1.54, 1.807) is 19.1 Å². The summed E-state index contributed by atoms with van der Waals surface area (Å²) < 4.78 is 23.7. The molecule has 0 N–H and O–H groups in total. The zero-order valence-electron chi connectivity index (χ0n) is 13.3. The van der Waals surface area contributed by atoms with Crippen molar-refractivity contribution in [1.29, 1.82) is 0 Å². The number of benzene rings is 2. The molecule has 0 aliphatic heterocycles. The van der Waals surface area contributed by atoms with Gasteiger partial charge in [-0.2, -0.15) is 0 Å². The van der Waals surface area contributed by atoms with Crippen LogP contribution in [0, 0.1) is 19.7 Å². The highest BCUT2D eigenvalue weighted by atomic mass is 19.1. The second-order valence-corrected chi connectivity index (χ2v) is 5.53. The molecule has 0 amide bonds. The number of fused-ring (bicyclic) bond motifs is 1. The first-order chi connectivity index (χ1) is 11.5. The van der Waals surface area contributed by atoms with Gasteiger partial charge < -0.3 is 9.15 Å². The Morgan fingerprint density at radius 2 is 1.83 bits per heavy atom. The lowest BCUT2D eigenvalue weighted by Crippen LogP contribution is -2.12. The highest BCUT2D eigenvalue weighted by Gasteiger charge is 2.12. The topological polar surface area (TPSA) is 56.5 Å². The van der Waals surface area contributed by atoms with E-state index in [0.29, 0.717) is 22.5 Å². The van der Waals surface area contributed by atoms with Crippen LogP contribution in [0.4, 0.5) is 4.39 Å². The molecule has 0 bridgehead atoms. The van der Waals surface area contributed by atoms with Gasteiger partial charge in [0.2, 0.25) is 0 Å². The highest BCUT2D eigenvalue weighted by Crippen LogP contribution is 2.28. The Hall–Kier alpha value is -2.95. The standard InChI is InChI=1S/C19H15FO4/c1-11-9-18(22)24-19-12(2)17(8-7-15(11)19)23-10-16(21)13-3-5-14(20)6-4-13/h3-9H,10H2,1-2H3. The summed E-state index contributed by atoms with van der Waals surface area (Å²) in [5.74, 6) is -0.199. The zero-order valence-corrected chi connectivity index (χ0v) is 13.3. The van der Waals surface area contributed by atoms with Gasteiger partial charge in [0.05, 0.1) is 0 Å². The fourth-order valence-corrected chi connectivity index (χ4v) is 2.52. The number of carbonyl (C=O) groups excluding carboxylic acids is 1. The van der Waals surface area contributed by atoms with E-state index in [4.69, 9.17) is 9.15 Å². The molecule has 0 spiro atoms. The van der Waals surface area contributed by atoms with Gasteiger partial charge in [-0.05, 0) is 55.8 Å². The van der Waals surface area contributed by atoms with Crippen molar-refractivity contribution in [2.75, 3.05) is 6.61 Å². The molecule has 1 heterocycles. The Balaban J connectivity index is 1.85. The maximum Gasteiger partial charge on any atom is 0.336 e. The summed E-state index contributed by atoms with van der Waals surface area (Å²) in [6.45, 7) is 3.41. The number of hydrogen-bond acceptors (Lipinski definition) is 4. The molecule has 0 unspecified atom stereocenters. The van der Waals surface area contributed by atoms with Gasteiger partial charge >= 0.3 is 5.63 Å². The lowest BCUT2D eigenvalue weighted by Gasteiger charge is -2.11. The smallest absolute Gasteiger partial charge is 0.336 e. The molecule has 0 radical (unpaired) electrons. The molecule has 3 aromatic rings. The predicted molar refractivity (Wildman–Crippen MR) is 88.2 cm³/mol. The molecule has 0 saturated carbocycles. The largest absolute Gasteiger partial charge is 0.485 e. The minimum Gasteiger partial charge on any atom is -0.485 e. The quantitative estimate of drug-likeness (QED) is 0.540. The number of rotatable bonds is 4. The molecule has 4 nitrogen and oxygen atoms in total. The molecular weight excluding hydrogens is 311 g/mol. The summed E-state index contributed by atoms with van der Waals surface area (Å²) in [7, 11) is 0. The van der Waals surface area contributed by atoms with Gasteiger partial charge in [-0.1, -0.05) is 0 Å². The summed E-state index contributed by atoms with van der Waals surface area (Å²) in [4.78, 5) is 23.6. The van der Waals surface area contributed by atoms with Crippen LogP contribution < -0.4 is 10.4 Å². The summed E-state index contributed by atoms with van der Waals surface area (Å²) >= 11 is 0. The van der Waals surface area contributed by atoms with Crippen molar-refractivity contribution in [3.8, 4) is 5.75 Å². The zero-order chi connectivity index (χ0) is 17.3. The second-order valence-electron chi connectivity index (χ2n) is 5.53. The third-order valence-electron chi connectivity index (χ3n) is 3.84. The van der Waals surface area contributed by atoms with Crippen LogP contribution in [0.1, 0.15) is 21.5 Å². The highest BCUT2D eigenvalue weighted by molar-refractivity contribution is 5.97. The number of halogens is 1. The van der Waals surface area contributed by atoms with Crippen LogP contribution in [0.25, 0.3) is 11.0 Å². The Kier molecular flexibility index (Phi) is 4.16. The number of carbonyl (C=O) groups is 1. The van der Waals surface area contributed by atoms with Crippen molar-refractivity contribution < 1.29 is 18.3 Å². The van der Waals surface area contributed by atoms with Crippen LogP contribution in [0.15, 0.2) is 51.7 Å². The summed E-state index contributed by atoms with van der Waals surface area (Å²) in [6.07, 6.45) is 0. The van der Waals surface area contributed by atoms with Crippen molar-refractivity contribution in [1.82, 2.24) is 0 Å². The first-order valence-electron chi connectivity index (χ1n) is 7.41. The van der Waals surface area contributed by atoms with Crippen molar-refractivity contribution in [2.24, 2.45) is 0 Å². The molecule has 24 heavy (non-hydrogen) atoms.